The third kappa shape index (κ3) is 3.88. The number of nitrogens with zero attached hydrogens (tertiary/aromatic N) is 1. The molecule has 2 aromatic carbocycles. The molecule has 1 fully saturated rings. The highest BCUT2D eigenvalue weighted by Gasteiger charge is 2.22. The van der Waals surface area contributed by atoms with Gasteiger partial charge < -0.3 is 14.6 Å². The van der Waals surface area contributed by atoms with Crippen LogP contribution < -0.4 is 10.1 Å². The molecule has 3 aromatic rings. The second-order valence-corrected chi connectivity index (χ2v) is 8.05. The first-order valence-corrected chi connectivity index (χ1v) is 9.92. The van der Waals surface area contributed by atoms with Gasteiger partial charge in [-0.2, -0.15) is 0 Å². The molecule has 1 saturated heterocycles. The van der Waals surface area contributed by atoms with Crippen LogP contribution in [0.5, 0.6) is 5.75 Å². The molecule has 0 radical (unpaired) electrons. The van der Waals surface area contributed by atoms with Crippen LogP contribution in [-0.2, 0) is 11.3 Å². The molecule has 1 N–H and O–H groups in total. The maximum absolute atomic E-state index is 12.0. The molecule has 136 valence electrons. The van der Waals surface area contributed by atoms with E-state index >= 15 is 0 Å². The van der Waals surface area contributed by atoms with Crippen molar-refractivity contribution in [1.82, 2.24) is 9.88 Å². The molecule has 0 bridgehead atoms. The van der Waals surface area contributed by atoms with E-state index in [1.807, 2.05) is 48.7 Å². The van der Waals surface area contributed by atoms with Crippen molar-refractivity contribution in [3.63, 3.8) is 0 Å². The number of halogens is 1. The summed E-state index contributed by atoms with van der Waals surface area (Å²) in [4.78, 5) is 12.6. The number of hydrogen-bond acceptors (Lipinski definition) is 4. The molecular formula is C20H15ClN2O2S2. The van der Waals surface area contributed by atoms with Gasteiger partial charge in [0.05, 0.1) is 16.5 Å². The van der Waals surface area contributed by atoms with Gasteiger partial charge in [0.15, 0.2) is 0 Å². The minimum absolute atomic E-state index is 0.149. The quantitative estimate of drug-likeness (QED) is 0.478. The van der Waals surface area contributed by atoms with E-state index < -0.39 is 0 Å². The first-order chi connectivity index (χ1) is 13.1. The maximum atomic E-state index is 12.0. The van der Waals surface area contributed by atoms with Gasteiger partial charge in [0.2, 0.25) is 0 Å². The Morgan fingerprint density at radius 3 is 2.74 bits per heavy atom. The number of hydrogen-bond donors (Lipinski definition) is 1. The summed E-state index contributed by atoms with van der Waals surface area (Å²) in [6, 6.07) is 15.5. The van der Waals surface area contributed by atoms with Crippen LogP contribution in [0.1, 0.15) is 5.56 Å². The van der Waals surface area contributed by atoms with Crippen molar-refractivity contribution in [1.29, 1.82) is 0 Å². The minimum Gasteiger partial charge on any atom is -0.490 e. The minimum atomic E-state index is -0.149. The second-order valence-electron chi connectivity index (χ2n) is 5.93. The Balaban J connectivity index is 1.59. The number of thiocarbonyl (C=S) groups is 1. The average Bonchev–Trinajstić information content (AvgIpc) is 3.17. The van der Waals surface area contributed by atoms with Gasteiger partial charge in [0, 0.05) is 22.7 Å². The Bertz CT molecular complexity index is 1070. The van der Waals surface area contributed by atoms with Crippen molar-refractivity contribution in [3.8, 4) is 5.75 Å². The number of thioether (sulfide) groups is 1. The van der Waals surface area contributed by atoms with Crippen molar-refractivity contribution >= 4 is 62.8 Å². The number of carbonyl (C=O) groups excluding carboxylic acids is 1. The standard InChI is InChI=1S/C20H15ClN2O2S2/c21-15-6-2-4-8-17(15)25-10-9-23-12-13(14-5-1-3-7-16(14)23)11-18-19(24)22-20(26)27-18/h1-8,11-12H,9-10H2,(H,22,24,26)/b18-11+. The number of ether oxygens (including phenoxy) is 1. The predicted octanol–water partition coefficient (Wildman–Crippen LogP) is 4.86. The fourth-order valence-electron chi connectivity index (χ4n) is 2.95. The molecule has 0 atom stereocenters. The lowest BCUT2D eigenvalue weighted by molar-refractivity contribution is -0.115. The first kappa shape index (κ1) is 18.1. The average molecular weight is 415 g/mol. The third-order valence-corrected chi connectivity index (χ3v) is 5.65. The van der Waals surface area contributed by atoms with Gasteiger partial charge in [0.25, 0.3) is 5.91 Å². The zero-order valence-electron chi connectivity index (χ0n) is 14.1. The lowest BCUT2D eigenvalue weighted by Gasteiger charge is -2.09. The van der Waals surface area contributed by atoms with Gasteiger partial charge in [-0.15, -0.1) is 0 Å². The van der Waals surface area contributed by atoms with Crippen molar-refractivity contribution in [2.24, 2.45) is 0 Å². The Kier molecular flexibility index (Phi) is 5.20. The summed E-state index contributed by atoms with van der Waals surface area (Å²) in [5.41, 5.74) is 2.06. The highest BCUT2D eigenvalue weighted by atomic mass is 35.5. The number of fused-ring (bicyclic) bond motifs is 1. The summed E-state index contributed by atoms with van der Waals surface area (Å²) in [7, 11) is 0. The highest BCUT2D eigenvalue weighted by molar-refractivity contribution is 8.26. The van der Waals surface area contributed by atoms with E-state index in [0.29, 0.717) is 33.1 Å². The van der Waals surface area contributed by atoms with Crippen LogP contribution in [-0.4, -0.2) is 21.4 Å². The van der Waals surface area contributed by atoms with E-state index in [9.17, 15) is 4.79 Å². The Morgan fingerprint density at radius 1 is 1.19 bits per heavy atom. The number of nitrogens with one attached hydrogen (secondary N) is 1. The van der Waals surface area contributed by atoms with Crippen molar-refractivity contribution < 1.29 is 9.53 Å². The molecule has 0 aliphatic carbocycles. The van der Waals surface area contributed by atoms with E-state index in [-0.39, 0.29) is 5.91 Å². The molecule has 4 nitrogen and oxygen atoms in total. The Morgan fingerprint density at radius 2 is 1.96 bits per heavy atom. The SMILES string of the molecule is O=C1NC(=S)S/C1=C/c1cn(CCOc2ccccc2Cl)c2ccccc12. The molecule has 2 heterocycles. The summed E-state index contributed by atoms with van der Waals surface area (Å²) in [5.74, 6) is 0.523. The lowest BCUT2D eigenvalue weighted by atomic mass is 10.1. The number of benzene rings is 2. The van der Waals surface area contributed by atoms with Gasteiger partial charge in [-0.1, -0.05) is 65.9 Å². The molecule has 1 amide bonds. The van der Waals surface area contributed by atoms with E-state index in [0.717, 1.165) is 16.5 Å². The highest BCUT2D eigenvalue weighted by Crippen LogP contribution is 2.30. The molecule has 0 unspecified atom stereocenters. The van der Waals surface area contributed by atoms with Crippen LogP contribution in [0.15, 0.2) is 59.6 Å². The largest absolute Gasteiger partial charge is 0.490 e. The zero-order chi connectivity index (χ0) is 18.8. The van der Waals surface area contributed by atoms with Crippen LogP contribution in [0, 0.1) is 0 Å². The molecule has 27 heavy (non-hydrogen) atoms. The monoisotopic (exact) mass is 414 g/mol. The van der Waals surface area contributed by atoms with Gasteiger partial charge >= 0.3 is 0 Å². The number of aromatic nitrogens is 1. The van der Waals surface area contributed by atoms with Crippen LogP contribution in [0.25, 0.3) is 17.0 Å². The fourth-order valence-corrected chi connectivity index (χ4v) is 4.18. The van der Waals surface area contributed by atoms with Crippen molar-refractivity contribution in [2.75, 3.05) is 6.61 Å². The Labute approximate surface area is 171 Å². The number of rotatable bonds is 5. The summed E-state index contributed by atoms with van der Waals surface area (Å²) in [5, 5.41) is 4.32. The van der Waals surface area contributed by atoms with Crippen LogP contribution in [0.2, 0.25) is 5.02 Å². The maximum Gasteiger partial charge on any atom is 0.263 e. The van der Waals surface area contributed by atoms with Crippen LogP contribution in [0.4, 0.5) is 0 Å². The van der Waals surface area contributed by atoms with Gasteiger partial charge in [0.1, 0.15) is 16.7 Å². The number of amides is 1. The zero-order valence-corrected chi connectivity index (χ0v) is 16.5. The molecule has 7 heteroatoms. The first-order valence-electron chi connectivity index (χ1n) is 8.32. The normalized spacial score (nSPS) is 15.5. The third-order valence-electron chi connectivity index (χ3n) is 4.17. The molecule has 0 spiro atoms. The lowest BCUT2D eigenvalue weighted by Crippen LogP contribution is -2.17. The topological polar surface area (TPSA) is 43.3 Å². The second kappa shape index (κ2) is 7.76. The predicted molar refractivity (Wildman–Crippen MR) is 115 cm³/mol. The number of carbonyl (C=O) groups is 1. The van der Waals surface area contributed by atoms with Crippen molar-refractivity contribution in [3.05, 3.63) is 70.2 Å². The van der Waals surface area contributed by atoms with Crippen LogP contribution in [0.3, 0.4) is 0 Å². The molecule has 0 saturated carbocycles. The molecule has 4 rings (SSSR count). The fraction of sp³-hybridized carbons (Fsp3) is 0.100. The van der Waals surface area contributed by atoms with E-state index in [1.54, 1.807) is 6.07 Å². The Hall–Kier alpha value is -2.28. The summed E-state index contributed by atoms with van der Waals surface area (Å²) < 4.78 is 8.42. The van der Waals surface area contributed by atoms with Crippen LogP contribution >= 0.6 is 35.6 Å². The van der Waals surface area contributed by atoms with Crippen molar-refractivity contribution in [2.45, 2.75) is 6.54 Å². The summed E-state index contributed by atoms with van der Waals surface area (Å²) in [6.07, 6.45) is 3.91. The summed E-state index contributed by atoms with van der Waals surface area (Å²) >= 11 is 12.5. The molecule has 1 aromatic heterocycles. The smallest absolute Gasteiger partial charge is 0.263 e. The van der Waals surface area contributed by atoms with E-state index in [2.05, 4.69) is 16.0 Å². The van der Waals surface area contributed by atoms with Gasteiger partial charge in [-0.05, 0) is 24.3 Å². The summed E-state index contributed by atoms with van der Waals surface area (Å²) in [6.45, 7) is 1.14. The van der Waals surface area contributed by atoms with E-state index in [4.69, 9.17) is 28.6 Å². The van der Waals surface area contributed by atoms with Gasteiger partial charge in [-0.25, -0.2) is 0 Å². The number of para-hydroxylation sites is 2. The molecule has 1 aliphatic rings. The molecule has 1 aliphatic heterocycles. The molecular weight excluding hydrogens is 400 g/mol. The van der Waals surface area contributed by atoms with E-state index in [1.165, 1.54) is 11.8 Å². The van der Waals surface area contributed by atoms with Gasteiger partial charge in [-0.3, -0.25) is 4.79 Å².